The van der Waals surface area contributed by atoms with Crippen LogP contribution in [0.1, 0.15) is 31.1 Å². The molecule has 0 fully saturated rings. The van der Waals surface area contributed by atoms with E-state index in [1.165, 1.54) is 26.4 Å². The molecule has 1 aromatic heterocycles. The van der Waals surface area contributed by atoms with Gasteiger partial charge in [0.2, 0.25) is 11.8 Å². The normalized spacial score (nSPS) is 12.8. The number of amides is 2. The van der Waals surface area contributed by atoms with E-state index in [9.17, 15) is 14.4 Å². The molecule has 1 aliphatic rings. The van der Waals surface area contributed by atoms with Crippen molar-refractivity contribution in [3.05, 3.63) is 47.3 Å². The summed E-state index contributed by atoms with van der Waals surface area (Å²) in [5.41, 5.74) is 0.0659. The van der Waals surface area contributed by atoms with Crippen molar-refractivity contribution in [3.8, 4) is 11.8 Å². The Morgan fingerprint density at radius 3 is 1.92 bits per heavy atom. The van der Waals surface area contributed by atoms with Gasteiger partial charge in [-0.25, -0.2) is 14.8 Å². The Morgan fingerprint density at radius 2 is 1.46 bits per heavy atom. The van der Waals surface area contributed by atoms with Crippen molar-refractivity contribution in [2.24, 2.45) is 0 Å². The van der Waals surface area contributed by atoms with Gasteiger partial charge in [0.25, 0.3) is 11.8 Å². The highest BCUT2D eigenvalue weighted by atomic mass is 16.7. The fourth-order valence-corrected chi connectivity index (χ4v) is 2.22. The quantitative estimate of drug-likeness (QED) is 0.760. The maximum Gasteiger partial charge on any atom is 0.374 e. The largest absolute Gasteiger partial charge is 0.480 e. The number of hydrogen-bond acceptors (Lipinski definition) is 8. The van der Waals surface area contributed by atoms with E-state index in [1.54, 1.807) is 12.1 Å². The molecule has 0 N–H and O–H groups in total. The average molecular weight is 329 g/mol. The third kappa shape index (κ3) is 2.32. The third-order valence-corrected chi connectivity index (χ3v) is 3.30. The van der Waals surface area contributed by atoms with Crippen molar-refractivity contribution in [2.45, 2.75) is 0 Å². The second-order valence-electron chi connectivity index (χ2n) is 4.60. The molecule has 0 atom stereocenters. The molecule has 1 aliphatic heterocycles. The number of benzene rings is 1. The predicted octanol–water partition coefficient (Wildman–Crippen LogP) is 0.862. The number of carbonyl (C=O) groups excluding carboxylic acids is 3. The number of hydrogen-bond donors (Lipinski definition) is 0. The van der Waals surface area contributed by atoms with E-state index in [-0.39, 0.29) is 28.5 Å². The molecule has 0 saturated carbocycles. The summed E-state index contributed by atoms with van der Waals surface area (Å²) in [4.78, 5) is 49.3. The van der Waals surface area contributed by atoms with Gasteiger partial charge in [-0.1, -0.05) is 17.2 Å². The summed E-state index contributed by atoms with van der Waals surface area (Å²) < 4.78 is 9.94. The van der Waals surface area contributed by atoms with Crippen LogP contribution in [0.15, 0.2) is 30.6 Å². The van der Waals surface area contributed by atoms with Gasteiger partial charge in [0.15, 0.2) is 5.56 Å². The lowest BCUT2D eigenvalue weighted by Crippen LogP contribution is -2.33. The average Bonchev–Trinajstić information content (AvgIpc) is 2.86. The first kappa shape index (κ1) is 15.4. The highest BCUT2D eigenvalue weighted by Gasteiger charge is 2.39. The van der Waals surface area contributed by atoms with Crippen LogP contribution in [0.5, 0.6) is 11.8 Å². The summed E-state index contributed by atoms with van der Waals surface area (Å²) in [6.07, 6.45) is 1.14. The van der Waals surface area contributed by atoms with Gasteiger partial charge in [0.1, 0.15) is 6.33 Å². The molecule has 9 nitrogen and oxygen atoms in total. The molecule has 0 bridgehead atoms. The number of fused-ring (bicyclic) bond motifs is 1. The van der Waals surface area contributed by atoms with Gasteiger partial charge >= 0.3 is 5.97 Å². The van der Waals surface area contributed by atoms with Crippen molar-refractivity contribution in [2.75, 3.05) is 14.2 Å². The molecule has 3 rings (SSSR count). The van der Waals surface area contributed by atoms with E-state index in [2.05, 4.69) is 9.97 Å². The van der Waals surface area contributed by atoms with Crippen molar-refractivity contribution in [1.29, 1.82) is 0 Å². The molecule has 0 saturated heterocycles. The predicted molar refractivity (Wildman–Crippen MR) is 77.5 cm³/mol. The first-order valence-corrected chi connectivity index (χ1v) is 6.71. The molecule has 9 heteroatoms. The summed E-state index contributed by atoms with van der Waals surface area (Å²) in [6, 6.07) is 6.14. The Balaban J connectivity index is 1.92. The van der Waals surface area contributed by atoms with Crippen LogP contribution < -0.4 is 9.47 Å². The molecule has 1 aromatic carbocycles. The zero-order chi connectivity index (χ0) is 17.3. The Hall–Kier alpha value is -3.49. The molecule has 0 spiro atoms. The smallest absolute Gasteiger partial charge is 0.374 e. The molecule has 2 heterocycles. The zero-order valence-electron chi connectivity index (χ0n) is 12.7. The number of nitrogens with zero attached hydrogens (tertiary/aromatic N) is 3. The highest BCUT2D eigenvalue weighted by molar-refractivity contribution is 6.21. The van der Waals surface area contributed by atoms with Crippen LogP contribution in [0.25, 0.3) is 0 Å². The maximum absolute atomic E-state index is 12.4. The number of hydroxylamine groups is 2. The molecule has 2 aromatic rings. The number of aromatic nitrogens is 2. The summed E-state index contributed by atoms with van der Waals surface area (Å²) in [5.74, 6) is -2.75. The number of imide groups is 1. The summed E-state index contributed by atoms with van der Waals surface area (Å²) in [6.45, 7) is 0. The molecule has 0 unspecified atom stereocenters. The van der Waals surface area contributed by atoms with Crippen LogP contribution in [0.2, 0.25) is 0 Å². The highest BCUT2D eigenvalue weighted by Crippen LogP contribution is 2.27. The summed E-state index contributed by atoms with van der Waals surface area (Å²) in [5, 5.41) is 0.388. The molecule has 2 amide bonds. The first-order chi connectivity index (χ1) is 11.6. The van der Waals surface area contributed by atoms with Crippen LogP contribution in [0.3, 0.4) is 0 Å². The molecule has 0 aliphatic carbocycles. The van der Waals surface area contributed by atoms with Gasteiger partial charge in [-0.15, -0.1) is 0 Å². The first-order valence-electron chi connectivity index (χ1n) is 6.71. The van der Waals surface area contributed by atoms with Crippen molar-refractivity contribution < 1.29 is 28.7 Å². The van der Waals surface area contributed by atoms with E-state index >= 15 is 0 Å². The topological polar surface area (TPSA) is 108 Å². The molecule has 122 valence electrons. The maximum atomic E-state index is 12.4. The minimum Gasteiger partial charge on any atom is -0.480 e. The Kier molecular flexibility index (Phi) is 3.82. The van der Waals surface area contributed by atoms with Gasteiger partial charge < -0.3 is 14.3 Å². The second-order valence-corrected chi connectivity index (χ2v) is 4.60. The Bertz CT molecular complexity index is 794. The Labute approximate surface area is 135 Å². The van der Waals surface area contributed by atoms with E-state index in [1.807, 2.05) is 0 Å². The Morgan fingerprint density at radius 1 is 0.958 bits per heavy atom. The minimum atomic E-state index is -1.06. The minimum absolute atomic E-state index is 0.108. The molecule has 24 heavy (non-hydrogen) atoms. The lowest BCUT2D eigenvalue weighted by Gasteiger charge is -2.14. The number of methoxy groups -OCH3 is 2. The fraction of sp³-hybridized carbons (Fsp3) is 0.133. The van der Waals surface area contributed by atoms with Crippen molar-refractivity contribution in [3.63, 3.8) is 0 Å². The lowest BCUT2D eigenvalue weighted by molar-refractivity contribution is -0.0589. The zero-order valence-corrected chi connectivity index (χ0v) is 12.7. The van der Waals surface area contributed by atoms with Crippen molar-refractivity contribution in [1.82, 2.24) is 15.0 Å². The van der Waals surface area contributed by atoms with E-state index < -0.39 is 17.8 Å². The monoisotopic (exact) mass is 329 g/mol. The van der Waals surface area contributed by atoms with Crippen LogP contribution in [-0.4, -0.2) is 47.0 Å². The molecule has 0 radical (unpaired) electrons. The van der Waals surface area contributed by atoms with Crippen LogP contribution in [0.4, 0.5) is 0 Å². The van der Waals surface area contributed by atoms with Gasteiger partial charge in [0, 0.05) is 0 Å². The van der Waals surface area contributed by atoms with Crippen LogP contribution in [0, 0.1) is 0 Å². The van der Waals surface area contributed by atoms with Gasteiger partial charge in [-0.3, -0.25) is 9.59 Å². The second kappa shape index (κ2) is 5.95. The third-order valence-electron chi connectivity index (χ3n) is 3.30. The number of carbonyl (C=O) groups is 3. The van der Waals surface area contributed by atoms with E-state index in [0.29, 0.717) is 5.06 Å². The number of ether oxygens (including phenoxy) is 2. The van der Waals surface area contributed by atoms with Gasteiger partial charge in [0.05, 0.1) is 25.3 Å². The van der Waals surface area contributed by atoms with Gasteiger partial charge in [-0.2, -0.15) is 0 Å². The van der Waals surface area contributed by atoms with E-state index in [0.717, 1.165) is 6.33 Å². The molecular weight excluding hydrogens is 318 g/mol. The SMILES string of the molecule is COc1ncnc(OC)c1C(=O)ON1C(=O)c2ccccc2C1=O. The summed E-state index contributed by atoms with van der Waals surface area (Å²) in [7, 11) is 2.58. The number of rotatable bonds is 4. The van der Waals surface area contributed by atoms with Crippen LogP contribution >= 0.6 is 0 Å². The lowest BCUT2D eigenvalue weighted by atomic mass is 10.1. The van der Waals surface area contributed by atoms with Gasteiger partial charge in [-0.05, 0) is 12.1 Å². The standard InChI is InChI=1S/C15H11N3O6/c1-22-11-10(12(23-2)17-7-16-11)15(21)24-18-13(19)8-5-3-4-6-9(8)14(18)20/h3-7H,1-2H3. The van der Waals surface area contributed by atoms with Crippen LogP contribution in [-0.2, 0) is 4.84 Å². The fourth-order valence-electron chi connectivity index (χ4n) is 2.22. The van der Waals surface area contributed by atoms with E-state index in [4.69, 9.17) is 14.3 Å². The van der Waals surface area contributed by atoms with Crippen molar-refractivity contribution >= 4 is 17.8 Å². The molecular formula is C15H11N3O6. The summed E-state index contributed by atoms with van der Waals surface area (Å²) >= 11 is 0.